The predicted molar refractivity (Wildman–Crippen MR) is 60.9 cm³/mol. The molecule has 1 saturated carbocycles. The number of aliphatic carboxylic acids is 1. The van der Waals surface area contributed by atoms with Gasteiger partial charge in [-0.15, -0.1) is 0 Å². The Hall–Kier alpha value is -0.570. The molecule has 0 amide bonds. The largest absolute Gasteiger partial charge is 0.480 e. The Morgan fingerprint density at radius 3 is 2.13 bits per heavy atom. The summed E-state index contributed by atoms with van der Waals surface area (Å²) in [6, 6.07) is 0.0316. The van der Waals surface area contributed by atoms with Crippen molar-refractivity contribution in [2.75, 3.05) is 0 Å². The van der Waals surface area contributed by atoms with Crippen LogP contribution in [0.15, 0.2) is 0 Å². The molecule has 0 aromatic carbocycles. The van der Waals surface area contributed by atoms with Gasteiger partial charge in [-0.1, -0.05) is 39.5 Å². The van der Waals surface area contributed by atoms with Gasteiger partial charge in [-0.2, -0.15) is 0 Å². The number of carboxylic acid groups (broad SMARTS) is 1. The van der Waals surface area contributed by atoms with Crippen LogP contribution in [0, 0.1) is 5.92 Å². The van der Waals surface area contributed by atoms with Crippen molar-refractivity contribution in [2.24, 2.45) is 5.92 Å². The standard InChI is InChI=1S/C12H23NO2/c1-9(2)11(12(14)15)13-10-7-5-3-4-6-8-10/h9-11,13H,3-8H2,1-2H3,(H,14,15). The van der Waals surface area contributed by atoms with Gasteiger partial charge in [0, 0.05) is 6.04 Å². The van der Waals surface area contributed by atoms with E-state index in [9.17, 15) is 4.79 Å². The van der Waals surface area contributed by atoms with Crippen LogP contribution in [0.25, 0.3) is 0 Å². The molecule has 1 atom stereocenters. The molecule has 0 radical (unpaired) electrons. The number of carbonyl (C=O) groups is 1. The van der Waals surface area contributed by atoms with Gasteiger partial charge < -0.3 is 10.4 Å². The summed E-state index contributed by atoms with van der Waals surface area (Å²) in [6.45, 7) is 3.92. The molecule has 0 aliphatic heterocycles. The lowest BCUT2D eigenvalue weighted by atomic mass is 10.0. The lowest BCUT2D eigenvalue weighted by Crippen LogP contribution is -2.46. The molecule has 15 heavy (non-hydrogen) atoms. The molecule has 0 heterocycles. The van der Waals surface area contributed by atoms with E-state index < -0.39 is 5.97 Å². The molecule has 1 unspecified atom stereocenters. The molecule has 1 fully saturated rings. The van der Waals surface area contributed by atoms with Crippen LogP contribution in [-0.2, 0) is 4.79 Å². The Labute approximate surface area is 92.3 Å². The van der Waals surface area contributed by atoms with Gasteiger partial charge >= 0.3 is 5.97 Å². The van der Waals surface area contributed by atoms with Crippen molar-refractivity contribution < 1.29 is 9.90 Å². The highest BCUT2D eigenvalue weighted by atomic mass is 16.4. The van der Waals surface area contributed by atoms with E-state index in [1.807, 2.05) is 13.8 Å². The minimum absolute atomic E-state index is 0.158. The minimum atomic E-state index is -0.714. The van der Waals surface area contributed by atoms with E-state index in [2.05, 4.69) is 5.32 Å². The van der Waals surface area contributed by atoms with E-state index in [4.69, 9.17) is 5.11 Å². The fourth-order valence-electron chi connectivity index (χ4n) is 2.25. The lowest BCUT2D eigenvalue weighted by Gasteiger charge is -2.24. The normalized spacial score (nSPS) is 21.3. The molecule has 0 saturated heterocycles. The summed E-state index contributed by atoms with van der Waals surface area (Å²) < 4.78 is 0. The fraction of sp³-hybridized carbons (Fsp3) is 0.917. The summed E-state index contributed by atoms with van der Waals surface area (Å²) in [5, 5.41) is 12.4. The molecule has 0 aromatic heterocycles. The summed E-state index contributed by atoms with van der Waals surface area (Å²) in [7, 11) is 0. The van der Waals surface area contributed by atoms with Gasteiger partial charge in [0.2, 0.25) is 0 Å². The zero-order chi connectivity index (χ0) is 11.3. The van der Waals surface area contributed by atoms with E-state index >= 15 is 0 Å². The Kier molecular flexibility index (Phi) is 5.09. The highest BCUT2D eigenvalue weighted by molar-refractivity contribution is 5.73. The van der Waals surface area contributed by atoms with Crippen LogP contribution in [0.4, 0.5) is 0 Å². The zero-order valence-corrected chi connectivity index (χ0v) is 9.83. The average molecular weight is 213 g/mol. The Morgan fingerprint density at radius 1 is 1.20 bits per heavy atom. The lowest BCUT2D eigenvalue weighted by molar-refractivity contribution is -0.140. The molecular weight excluding hydrogens is 190 g/mol. The highest BCUT2D eigenvalue weighted by Crippen LogP contribution is 2.18. The van der Waals surface area contributed by atoms with Crippen molar-refractivity contribution in [1.82, 2.24) is 5.32 Å². The second-order valence-corrected chi connectivity index (χ2v) is 4.92. The summed E-state index contributed by atoms with van der Waals surface area (Å²) in [6.07, 6.45) is 7.35. The van der Waals surface area contributed by atoms with Crippen LogP contribution in [0.3, 0.4) is 0 Å². The van der Waals surface area contributed by atoms with Crippen LogP contribution < -0.4 is 5.32 Å². The molecule has 3 nitrogen and oxygen atoms in total. The van der Waals surface area contributed by atoms with Crippen molar-refractivity contribution >= 4 is 5.97 Å². The number of carboxylic acids is 1. The van der Waals surface area contributed by atoms with Crippen LogP contribution in [0.1, 0.15) is 52.4 Å². The van der Waals surface area contributed by atoms with Crippen molar-refractivity contribution in [3.63, 3.8) is 0 Å². The number of hydrogen-bond donors (Lipinski definition) is 2. The van der Waals surface area contributed by atoms with Crippen molar-refractivity contribution in [1.29, 1.82) is 0 Å². The van der Waals surface area contributed by atoms with Gasteiger partial charge in [-0.25, -0.2) is 0 Å². The summed E-state index contributed by atoms with van der Waals surface area (Å²) >= 11 is 0. The number of nitrogens with one attached hydrogen (secondary N) is 1. The summed E-state index contributed by atoms with van der Waals surface area (Å²) in [5.41, 5.74) is 0. The van der Waals surface area contributed by atoms with E-state index in [0.717, 1.165) is 12.8 Å². The SMILES string of the molecule is CC(C)C(NC1CCCCCC1)C(=O)O. The first-order valence-electron chi connectivity index (χ1n) is 6.10. The number of rotatable bonds is 4. The maximum atomic E-state index is 11.0. The molecule has 88 valence electrons. The highest BCUT2D eigenvalue weighted by Gasteiger charge is 2.24. The van der Waals surface area contributed by atoms with Crippen LogP contribution in [-0.4, -0.2) is 23.2 Å². The molecule has 0 bridgehead atoms. The third-order valence-corrected chi connectivity index (χ3v) is 3.20. The predicted octanol–water partition coefficient (Wildman–Crippen LogP) is 2.41. The van der Waals surface area contributed by atoms with Crippen molar-refractivity contribution in [3.8, 4) is 0 Å². The Morgan fingerprint density at radius 2 is 1.73 bits per heavy atom. The first-order valence-corrected chi connectivity index (χ1v) is 6.10. The van der Waals surface area contributed by atoms with Gasteiger partial charge in [0.15, 0.2) is 0 Å². The van der Waals surface area contributed by atoms with Gasteiger partial charge in [0.1, 0.15) is 6.04 Å². The summed E-state index contributed by atoms with van der Waals surface area (Å²) in [4.78, 5) is 11.0. The Bertz CT molecular complexity index is 196. The maximum Gasteiger partial charge on any atom is 0.320 e. The molecule has 2 N–H and O–H groups in total. The van der Waals surface area contributed by atoms with Crippen molar-refractivity contribution in [2.45, 2.75) is 64.5 Å². The van der Waals surface area contributed by atoms with E-state index in [-0.39, 0.29) is 12.0 Å². The third-order valence-electron chi connectivity index (χ3n) is 3.20. The molecule has 1 aliphatic carbocycles. The second-order valence-electron chi connectivity index (χ2n) is 4.92. The van der Waals surface area contributed by atoms with Crippen LogP contribution in [0.5, 0.6) is 0 Å². The zero-order valence-electron chi connectivity index (χ0n) is 9.83. The summed E-state index contributed by atoms with van der Waals surface area (Å²) in [5.74, 6) is -0.556. The third kappa shape index (κ3) is 4.20. The molecule has 0 spiro atoms. The first-order chi connectivity index (χ1) is 7.11. The molecule has 1 aliphatic rings. The Balaban J connectivity index is 2.45. The number of hydrogen-bond acceptors (Lipinski definition) is 2. The maximum absolute atomic E-state index is 11.0. The van der Waals surface area contributed by atoms with Crippen LogP contribution >= 0.6 is 0 Å². The van der Waals surface area contributed by atoms with Gasteiger partial charge in [-0.05, 0) is 18.8 Å². The molecular formula is C12H23NO2. The average Bonchev–Trinajstić information content (AvgIpc) is 2.41. The van der Waals surface area contributed by atoms with Gasteiger partial charge in [0.25, 0.3) is 0 Å². The molecule has 0 aromatic rings. The van der Waals surface area contributed by atoms with E-state index in [1.54, 1.807) is 0 Å². The van der Waals surface area contributed by atoms with Gasteiger partial charge in [0.05, 0.1) is 0 Å². The first kappa shape index (κ1) is 12.5. The second kappa shape index (κ2) is 6.11. The van der Waals surface area contributed by atoms with Crippen LogP contribution in [0.2, 0.25) is 0 Å². The van der Waals surface area contributed by atoms with Crippen molar-refractivity contribution in [3.05, 3.63) is 0 Å². The van der Waals surface area contributed by atoms with E-state index in [1.165, 1.54) is 25.7 Å². The molecule has 1 rings (SSSR count). The monoisotopic (exact) mass is 213 g/mol. The smallest absolute Gasteiger partial charge is 0.320 e. The van der Waals surface area contributed by atoms with E-state index in [0.29, 0.717) is 6.04 Å². The quantitative estimate of drug-likeness (QED) is 0.705. The minimum Gasteiger partial charge on any atom is -0.480 e. The fourth-order valence-corrected chi connectivity index (χ4v) is 2.25. The van der Waals surface area contributed by atoms with Gasteiger partial charge in [-0.3, -0.25) is 4.79 Å². The topological polar surface area (TPSA) is 49.3 Å². The molecule has 3 heteroatoms.